The van der Waals surface area contributed by atoms with Gasteiger partial charge in [-0.05, 0) is 44.7 Å². The monoisotopic (exact) mass is 407 g/mol. The van der Waals surface area contributed by atoms with E-state index in [0.29, 0.717) is 39.0 Å². The lowest BCUT2D eigenvalue weighted by atomic mass is 9.79. The summed E-state index contributed by atoms with van der Waals surface area (Å²) in [7, 11) is -3.64. The number of rotatable bonds is 6. The van der Waals surface area contributed by atoms with Gasteiger partial charge in [0.1, 0.15) is 0 Å². The molecule has 0 unspecified atom stereocenters. The lowest BCUT2D eigenvalue weighted by molar-refractivity contribution is -0.142. The van der Waals surface area contributed by atoms with Crippen LogP contribution in [-0.4, -0.2) is 62.3 Å². The molecule has 3 atom stereocenters. The summed E-state index contributed by atoms with van der Waals surface area (Å²) in [6.07, 6.45) is 0.978. The van der Waals surface area contributed by atoms with Crippen molar-refractivity contribution in [3.05, 3.63) is 30.3 Å². The molecular formula is C20H29N3O4S. The van der Waals surface area contributed by atoms with E-state index in [1.165, 1.54) is 6.92 Å². The number of sulfonamides is 1. The molecule has 0 spiro atoms. The Morgan fingerprint density at radius 3 is 2.43 bits per heavy atom. The van der Waals surface area contributed by atoms with Crippen LogP contribution in [0.25, 0.3) is 0 Å². The van der Waals surface area contributed by atoms with Gasteiger partial charge in [-0.1, -0.05) is 18.2 Å². The largest absolute Gasteiger partial charge is 0.343 e. The first kappa shape index (κ1) is 20.8. The number of hydrogen-bond acceptors (Lipinski definition) is 4. The van der Waals surface area contributed by atoms with E-state index in [1.807, 2.05) is 13.8 Å². The summed E-state index contributed by atoms with van der Waals surface area (Å²) in [6, 6.07) is 7.96. The van der Waals surface area contributed by atoms with Gasteiger partial charge in [0.25, 0.3) is 0 Å². The lowest BCUT2D eigenvalue weighted by Gasteiger charge is -2.33. The fourth-order valence-electron chi connectivity index (χ4n) is 4.74. The molecule has 8 heteroatoms. The van der Waals surface area contributed by atoms with Crippen LogP contribution in [0.5, 0.6) is 0 Å². The van der Waals surface area contributed by atoms with Crippen molar-refractivity contribution < 1.29 is 18.0 Å². The number of nitrogens with one attached hydrogen (secondary N) is 1. The molecule has 1 aliphatic heterocycles. The van der Waals surface area contributed by atoms with E-state index in [0.717, 1.165) is 0 Å². The van der Waals surface area contributed by atoms with Gasteiger partial charge >= 0.3 is 0 Å². The van der Waals surface area contributed by atoms with Crippen molar-refractivity contribution in [3.8, 4) is 0 Å². The van der Waals surface area contributed by atoms with Gasteiger partial charge in [0.05, 0.1) is 10.3 Å². The second-order valence-electron chi connectivity index (χ2n) is 7.80. The Hall–Kier alpha value is -1.93. The standard InChI is InChI=1S/C20H29N3O4S/c1-4-22(5-2)19(25)20-12-17(11-16(20)13-23(14-20)15(3)24)21-28(26,27)18-9-7-6-8-10-18/h6-10,16-17,21H,4-5,11-14H2,1-3H3/t16-,17+,20-/m0/s1. The van der Waals surface area contributed by atoms with Crippen molar-refractivity contribution in [2.24, 2.45) is 11.3 Å². The van der Waals surface area contributed by atoms with Crippen LogP contribution < -0.4 is 4.72 Å². The van der Waals surface area contributed by atoms with E-state index in [9.17, 15) is 18.0 Å². The van der Waals surface area contributed by atoms with Crippen molar-refractivity contribution >= 4 is 21.8 Å². The Balaban J connectivity index is 1.85. The van der Waals surface area contributed by atoms with Crippen molar-refractivity contribution in [3.63, 3.8) is 0 Å². The van der Waals surface area contributed by atoms with Crippen molar-refractivity contribution in [2.45, 2.75) is 44.6 Å². The predicted molar refractivity (Wildman–Crippen MR) is 106 cm³/mol. The Kier molecular flexibility index (Phi) is 5.82. The average molecular weight is 408 g/mol. The summed E-state index contributed by atoms with van der Waals surface area (Å²) in [5.41, 5.74) is -0.707. The third kappa shape index (κ3) is 3.67. The van der Waals surface area contributed by atoms with E-state index in [2.05, 4.69) is 4.72 Å². The van der Waals surface area contributed by atoms with E-state index in [1.54, 1.807) is 40.1 Å². The maximum absolute atomic E-state index is 13.4. The minimum absolute atomic E-state index is 0.0343. The molecule has 2 amide bonds. The molecule has 1 aromatic carbocycles. The highest BCUT2D eigenvalue weighted by molar-refractivity contribution is 7.89. The minimum Gasteiger partial charge on any atom is -0.343 e. The van der Waals surface area contributed by atoms with Crippen molar-refractivity contribution in [1.29, 1.82) is 0 Å². The lowest BCUT2D eigenvalue weighted by Crippen LogP contribution is -2.48. The summed E-state index contributed by atoms with van der Waals surface area (Å²) in [6.45, 7) is 7.48. The summed E-state index contributed by atoms with van der Waals surface area (Å²) in [5, 5.41) is 0. The molecule has 0 aromatic heterocycles. The third-order valence-corrected chi connectivity index (χ3v) is 7.71. The number of amides is 2. The Labute approximate surface area is 167 Å². The Morgan fingerprint density at radius 1 is 1.21 bits per heavy atom. The normalized spacial score (nSPS) is 26.9. The molecule has 1 aliphatic carbocycles. The smallest absolute Gasteiger partial charge is 0.240 e. The molecule has 0 bridgehead atoms. The Bertz CT molecular complexity index is 838. The van der Waals surface area contributed by atoms with Crippen LogP contribution in [0, 0.1) is 11.3 Å². The van der Waals surface area contributed by atoms with Crippen LogP contribution in [0.3, 0.4) is 0 Å². The molecule has 154 valence electrons. The predicted octanol–water partition coefficient (Wildman–Crippen LogP) is 1.46. The molecule has 28 heavy (non-hydrogen) atoms. The summed E-state index contributed by atoms with van der Waals surface area (Å²) in [4.78, 5) is 29.1. The van der Waals surface area contributed by atoms with Crippen molar-refractivity contribution in [2.75, 3.05) is 26.2 Å². The van der Waals surface area contributed by atoms with Gasteiger partial charge in [-0.25, -0.2) is 13.1 Å². The zero-order valence-electron chi connectivity index (χ0n) is 16.7. The number of fused-ring (bicyclic) bond motifs is 1. The van der Waals surface area contributed by atoms with Gasteiger partial charge in [0, 0.05) is 39.1 Å². The minimum atomic E-state index is -3.64. The molecule has 1 aromatic rings. The molecule has 7 nitrogen and oxygen atoms in total. The molecule has 2 aliphatic rings. The first-order valence-electron chi connectivity index (χ1n) is 9.85. The molecule has 0 radical (unpaired) electrons. The maximum atomic E-state index is 13.4. The fourth-order valence-corrected chi connectivity index (χ4v) is 6.01. The molecule has 1 N–H and O–H groups in total. The van der Waals surface area contributed by atoms with Gasteiger partial charge in [-0.15, -0.1) is 0 Å². The SMILES string of the molecule is CCN(CC)C(=O)[C@]12C[C@H](NS(=O)(=O)c3ccccc3)C[C@H]1CN(C(C)=O)C2. The first-order chi connectivity index (χ1) is 13.2. The zero-order chi connectivity index (χ0) is 20.5. The van der Waals surface area contributed by atoms with E-state index < -0.39 is 15.4 Å². The van der Waals surface area contributed by atoms with E-state index >= 15 is 0 Å². The quantitative estimate of drug-likeness (QED) is 0.773. The van der Waals surface area contributed by atoms with Crippen LogP contribution in [0.15, 0.2) is 35.2 Å². The van der Waals surface area contributed by atoms with Crippen LogP contribution in [-0.2, 0) is 19.6 Å². The number of carbonyl (C=O) groups excluding carboxylic acids is 2. The van der Waals surface area contributed by atoms with Gasteiger partial charge < -0.3 is 9.80 Å². The average Bonchev–Trinajstić information content (AvgIpc) is 3.18. The molecular weight excluding hydrogens is 378 g/mol. The highest BCUT2D eigenvalue weighted by Gasteiger charge is 2.59. The first-order valence-corrected chi connectivity index (χ1v) is 11.3. The second kappa shape index (κ2) is 7.83. The topological polar surface area (TPSA) is 86.8 Å². The number of benzene rings is 1. The van der Waals surface area contributed by atoms with Gasteiger partial charge in [-0.2, -0.15) is 0 Å². The van der Waals surface area contributed by atoms with Gasteiger partial charge in [-0.3, -0.25) is 9.59 Å². The molecule has 3 rings (SSSR count). The molecule has 1 saturated heterocycles. The highest BCUT2D eigenvalue weighted by atomic mass is 32.2. The molecule has 1 saturated carbocycles. The molecule has 1 heterocycles. The van der Waals surface area contributed by atoms with Gasteiger partial charge in [0.15, 0.2) is 0 Å². The summed E-state index contributed by atoms with van der Waals surface area (Å²) < 4.78 is 28.3. The highest BCUT2D eigenvalue weighted by Crippen LogP contribution is 2.50. The Morgan fingerprint density at radius 2 is 1.86 bits per heavy atom. The van der Waals surface area contributed by atoms with Gasteiger partial charge in [0.2, 0.25) is 21.8 Å². The third-order valence-electron chi connectivity index (χ3n) is 6.17. The fraction of sp³-hybridized carbons (Fsp3) is 0.600. The summed E-state index contributed by atoms with van der Waals surface area (Å²) >= 11 is 0. The van der Waals surface area contributed by atoms with Crippen LogP contribution >= 0.6 is 0 Å². The second-order valence-corrected chi connectivity index (χ2v) is 9.52. The van der Waals surface area contributed by atoms with Crippen LogP contribution in [0.1, 0.15) is 33.6 Å². The van der Waals surface area contributed by atoms with Crippen molar-refractivity contribution in [1.82, 2.24) is 14.5 Å². The summed E-state index contributed by atoms with van der Waals surface area (Å²) in [5.74, 6) is -0.0387. The van der Waals surface area contributed by atoms with E-state index in [-0.39, 0.29) is 28.7 Å². The van der Waals surface area contributed by atoms with Crippen LogP contribution in [0.4, 0.5) is 0 Å². The number of likely N-dealkylation sites (tertiary alicyclic amines) is 1. The maximum Gasteiger partial charge on any atom is 0.240 e. The number of nitrogens with zero attached hydrogens (tertiary/aromatic N) is 2. The van der Waals surface area contributed by atoms with Crippen LogP contribution in [0.2, 0.25) is 0 Å². The number of carbonyl (C=O) groups is 2. The molecule has 2 fully saturated rings. The van der Waals surface area contributed by atoms with E-state index in [4.69, 9.17) is 0 Å². The number of hydrogen-bond donors (Lipinski definition) is 1. The zero-order valence-corrected chi connectivity index (χ0v) is 17.5.